The lowest BCUT2D eigenvalue weighted by molar-refractivity contribution is 0.102. The minimum atomic E-state index is -0.292. The van der Waals surface area contributed by atoms with Crippen molar-refractivity contribution in [3.05, 3.63) is 72.1 Å². The fourth-order valence-corrected chi connectivity index (χ4v) is 2.58. The summed E-state index contributed by atoms with van der Waals surface area (Å²) in [6.45, 7) is 2.00. The Kier molecular flexibility index (Phi) is 5.56. The Morgan fingerprint density at radius 2 is 1.70 bits per heavy atom. The molecule has 0 saturated carbocycles. The SMILES string of the molecule is COc1ccc(NC(=O)c2cc(Nc3cc(C)ccc3OC)ccn2)cc1. The molecule has 3 aromatic rings. The van der Waals surface area contributed by atoms with Crippen molar-refractivity contribution in [2.45, 2.75) is 6.92 Å². The number of aryl methyl sites for hydroxylation is 1. The maximum absolute atomic E-state index is 12.5. The van der Waals surface area contributed by atoms with Crippen LogP contribution >= 0.6 is 0 Å². The highest BCUT2D eigenvalue weighted by molar-refractivity contribution is 6.03. The molecular weight excluding hydrogens is 342 g/mol. The number of amides is 1. The Morgan fingerprint density at radius 3 is 2.41 bits per heavy atom. The predicted octanol–water partition coefficient (Wildman–Crippen LogP) is 4.40. The monoisotopic (exact) mass is 363 g/mol. The number of benzene rings is 2. The van der Waals surface area contributed by atoms with Gasteiger partial charge in [0.25, 0.3) is 5.91 Å². The first kappa shape index (κ1) is 18.3. The molecule has 138 valence electrons. The van der Waals surface area contributed by atoms with Gasteiger partial charge in [0, 0.05) is 17.6 Å². The van der Waals surface area contributed by atoms with Crippen LogP contribution in [0.4, 0.5) is 17.1 Å². The number of hydrogen-bond donors (Lipinski definition) is 2. The Bertz CT molecular complexity index is 940. The van der Waals surface area contributed by atoms with Gasteiger partial charge in [-0.05, 0) is 61.0 Å². The molecule has 6 nitrogen and oxygen atoms in total. The summed E-state index contributed by atoms with van der Waals surface area (Å²) in [5, 5.41) is 6.10. The number of methoxy groups -OCH3 is 2. The van der Waals surface area contributed by atoms with Crippen LogP contribution in [0.2, 0.25) is 0 Å². The minimum Gasteiger partial charge on any atom is -0.497 e. The summed E-state index contributed by atoms with van der Waals surface area (Å²) in [7, 11) is 3.22. The molecule has 0 atom stereocenters. The summed E-state index contributed by atoms with van der Waals surface area (Å²) in [6.07, 6.45) is 1.59. The van der Waals surface area contributed by atoms with Crippen molar-refractivity contribution in [2.24, 2.45) is 0 Å². The second kappa shape index (κ2) is 8.23. The Hall–Kier alpha value is -3.54. The summed E-state index contributed by atoms with van der Waals surface area (Å²) < 4.78 is 10.5. The van der Waals surface area contributed by atoms with E-state index in [1.165, 1.54) is 0 Å². The highest BCUT2D eigenvalue weighted by Crippen LogP contribution is 2.28. The summed E-state index contributed by atoms with van der Waals surface area (Å²) >= 11 is 0. The Morgan fingerprint density at radius 1 is 0.926 bits per heavy atom. The average Bonchev–Trinajstić information content (AvgIpc) is 2.69. The minimum absolute atomic E-state index is 0.292. The van der Waals surface area contributed by atoms with Crippen molar-refractivity contribution in [3.63, 3.8) is 0 Å². The van der Waals surface area contributed by atoms with E-state index in [1.54, 1.807) is 56.8 Å². The zero-order chi connectivity index (χ0) is 19.2. The number of nitrogens with one attached hydrogen (secondary N) is 2. The van der Waals surface area contributed by atoms with Gasteiger partial charge in [-0.15, -0.1) is 0 Å². The molecule has 2 aromatic carbocycles. The van der Waals surface area contributed by atoms with E-state index >= 15 is 0 Å². The molecule has 0 unspecified atom stereocenters. The van der Waals surface area contributed by atoms with E-state index in [2.05, 4.69) is 15.6 Å². The lowest BCUT2D eigenvalue weighted by Gasteiger charge is -2.13. The standard InChI is InChI=1S/C21H21N3O3/c1-14-4-9-20(27-3)18(12-14)23-16-10-11-22-19(13-16)21(25)24-15-5-7-17(26-2)8-6-15/h4-13H,1-3H3,(H,22,23)(H,24,25). The second-order valence-electron chi connectivity index (χ2n) is 5.94. The van der Waals surface area contributed by atoms with Gasteiger partial charge in [0.15, 0.2) is 0 Å². The maximum atomic E-state index is 12.5. The third-order valence-corrected chi connectivity index (χ3v) is 3.97. The lowest BCUT2D eigenvalue weighted by atomic mass is 10.2. The molecule has 0 aliphatic rings. The van der Waals surface area contributed by atoms with Crippen molar-refractivity contribution in [3.8, 4) is 11.5 Å². The fraction of sp³-hybridized carbons (Fsp3) is 0.143. The number of rotatable bonds is 6. The van der Waals surface area contributed by atoms with Gasteiger partial charge in [0.05, 0.1) is 19.9 Å². The molecule has 0 spiro atoms. The largest absolute Gasteiger partial charge is 0.497 e. The van der Waals surface area contributed by atoms with Gasteiger partial charge in [0.2, 0.25) is 0 Å². The zero-order valence-electron chi connectivity index (χ0n) is 15.4. The molecule has 27 heavy (non-hydrogen) atoms. The zero-order valence-corrected chi connectivity index (χ0v) is 15.4. The Balaban J connectivity index is 1.76. The average molecular weight is 363 g/mol. The third-order valence-electron chi connectivity index (χ3n) is 3.97. The van der Waals surface area contributed by atoms with E-state index in [9.17, 15) is 4.79 Å². The molecule has 1 aromatic heterocycles. The van der Waals surface area contributed by atoms with Crippen molar-refractivity contribution in [1.29, 1.82) is 0 Å². The van der Waals surface area contributed by atoms with E-state index in [-0.39, 0.29) is 5.91 Å². The molecule has 0 aliphatic heterocycles. The molecule has 1 heterocycles. The van der Waals surface area contributed by atoms with E-state index in [0.717, 1.165) is 28.4 Å². The van der Waals surface area contributed by atoms with Gasteiger partial charge in [-0.3, -0.25) is 9.78 Å². The first-order valence-electron chi connectivity index (χ1n) is 8.42. The highest BCUT2D eigenvalue weighted by atomic mass is 16.5. The summed E-state index contributed by atoms with van der Waals surface area (Å²) in [6, 6.07) is 16.5. The van der Waals surface area contributed by atoms with Crippen LogP contribution in [-0.2, 0) is 0 Å². The Labute approximate surface area is 158 Å². The van der Waals surface area contributed by atoms with E-state index in [1.807, 2.05) is 25.1 Å². The normalized spacial score (nSPS) is 10.2. The van der Waals surface area contributed by atoms with Gasteiger partial charge in [-0.1, -0.05) is 6.07 Å². The van der Waals surface area contributed by atoms with E-state index in [4.69, 9.17) is 9.47 Å². The predicted molar refractivity (Wildman–Crippen MR) is 106 cm³/mol. The molecular formula is C21H21N3O3. The highest BCUT2D eigenvalue weighted by Gasteiger charge is 2.10. The third kappa shape index (κ3) is 4.55. The van der Waals surface area contributed by atoms with Crippen LogP contribution in [0.25, 0.3) is 0 Å². The van der Waals surface area contributed by atoms with Crippen LogP contribution < -0.4 is 20.1 Å². The molecule has 0 radical (unpaired) electrons. The first-order chi connectivity index (χ1) is 13.1. The fourth-order valence-electron chi connectivity index (χ4n) is 2.58. The van der Waals surface area contributed by atoms with Crippen molar-refractivity contribution in [1.82, 2.24) is 4.98 Å². The number of anilines is 3. The smallest absolute Gasteiger partial charge is 0.274 e. The number of nitrogens with zero attached hydrogens (tertiary/aromatic N) is 1. The molecule has 0 bridgehead atoms. The maximum Gasteiger partial charge on any atom is 0.274 e. The summed E-state index contributed by atoms with van der Waals surface area (Å²) in [5.41, 5.74) is 3.65. The number of ether oxygens (including phenoxy) is 2. The van der Waals surface area contributed by atoms with Gasteiger partial charge in [0.1, 0.15) is 17.2 Å². The van der Waals surface area contributed by atoms with Gasteiger partial charge < -0.3 is 20.1 Å². The van der Waals surface area contributed by atoms with Crippen molar-refractivity contribution < 1.29 is 14.3 Å². The molecule has 6 heteroatoms. The molecule has 0 saturated heterocycles. The van der Waals surface area contributed by atoms with Gasteiger partial charge in [-0.25, -0.2) is 0 Å². The number of hydrogen-bond acceptors (Lipinski definition) is 5. The topological polar surface area (TPSA) is 72.5 Å². The number of pyridine rings is 1. The lowest BCUT2D eigenvalue weighted by Crippen LogP contribution is -2.13. The van der Waals surface area contributed by atoms with E-state index < -0.39 is 0 Å². The van der Waals surface area contributed by atoms with Crippen LogP contribution in [0, 0.1) is 6.92 Å². The van der Waals surface area contributed by atoms with Crippen LogP contribution in [0.5, 0.6) is 11.5 Å². The quantitative estimate of drug-likeness (QED) is 0.679. The molecule has 3 rings (SSSR count). The van der Waals surface area contributed by atoms with Crippen LogP contribution in [0.1, 0.15) is 16.1 Å². The summed E-state index contributed by atoms with van der Waals surface area (Å²) in [5.74, 6) is 1.16. The summed E-state index contributed by atoms with van der Waals surface area (Å²) in [4.78, 5) is 16.7. The molecule has 1 amide bonds. The van der Waals surface area contributed by atoms with Crippen LogP contribution in [-0.4, -0.2) is 25.1 Å². The molecule has 0 aliphatic carbocycles. The first-order valence-corrected chi connectivity index (χ1v) is 8.42. The number of carbonyl (C=O) groups is 1. The van der Waals surface area contributed by atoms with Crippen LogP contribution in [0.15, 0.2) is 60.8 Å². The molecule has 2 N–H and O–H groups in total. The second-order valence-corrected chi connectivity index (χ2v) is 5.94. The van der Waals surface area contributed by atoms with Crippen molar-refractivity contribution in [2.75, 3.05) is 24.9 Å². The van der Waals surface area contributed by atoms with Gasteiger partial charge in [-0.2, -0.15) is 0 Å². The number of carbonyl (C=O) groups excluding carboxylic acids is 1. The van der Waals surface area contributed by atoms with Crippen LogP contribution in [0.3, 0.4) is 0 Å². The molecule has 0 fully saturated rings. The van der Waals surface area contributed by atoms with E-state index in [0.29, 0.717) is 11.4 Å². The van der Waals surface area contributed by atoms with Crippen molar-refractivity contribution >= 4 is 23.0 Å². The number of aromatic nitrogens is 1. The van der Waals surface area contributed by atoms with Gasteiger partial charge >= 0.3 is 0 Å².